The Hall–Kier alpha value is -1.21. The van der Waals surface area contributed by atoms with Crippen LogP contribution in [0, 0.1) is 11.6 Å². The first kappa shape index (κ1) is 15.2. The molecule has 0 unspecified atom stereocenters. The number of hydrogen-bond donors (Lipinski definition) is 1. The van der Waals surface area contributed by atoms with Gasteiger partial charge in [0.15, 0.2) is 0 Å². The minimum absolute atomic E-state index is 0.116. The van der Waals surface area contributed by atoms with Crippen LogP contribution < -0.4 is 5.32 Å². The second kappa shape index (κ2) is 6.49. The van der Waals surface area contributed by atoms with E-state index in [0.29, 0.717) is 13.1 Å². The van der Waals surface area contributed by atoms with E-state index >= 15 is 0 Å². The molecule has 1 aliphatic rings. The number of carbonyl (C=O) groups excluding carboxylic acids is 1. The molecule has 2 amide bonds. The first-order valence-electron chi connectivity index (χ1n) is 6.36. The Bertz CT molecular complexity index is 489. The smallest absolute Gasteiger partial charge is 0.321 e. The normalized spacial score (nSPS) is 16.9. The number of halogens is 3. The van der Waals surface area contributed by atoms with Crippen LogP contribution >= 0.6 is 15.9 Å². The SMILES string of the molecule is CN1CCCN(C(=O)Nc2cc(F)c(Br)c(F)c2)CC1. The molecule has 0 bridgehead atoms. The number of carbonyl (C=O) groups is 1. The molecule has 0 aromatic heterocycles. The highest BCUT2D eigenvalue weighted by Gasteiger charge is 2.18. The zero-order valence-corrected chi connectivity index (χ0v) is 12.7. The molecule has 0 spiro atoms. The molecule has 7 heteroatoms. The molecule has 0 atom stereocenters. The minimum atomic E-state index is -0.740. The van der Waals surface area contributed by atoms with Gasteiger partial charge in [0.05, 0.1) is 4.47 Å². The molecule has 1 N–H and O–H groups in total. The third-order valence-corrected chi connectivity index (χ3v) is 4.00. The number of nitrogens with one attached hydrogen (secondary N) is 1. The van der Waals surface area contributed by atoms with Crippen LogP contribution in [-0.2, 0) is 0 Å². The average Bonchev–Trinajstić information content (AvgIpc) is 2.60. The summed E-state index contributed by atoms with van der Waals surface area (Å²) in [5.41, 5.74) is 0.116. The second-order valence-corrected chi connectivity index (χ2v) is 5.62. The van der Waals surface area contributed by atoms with Gasteiger partial charge in [-0.3, -0.25) is 0 Å². The fourth-order valence-corrected chi connectivity index (χ4v) is 2.31. The van der Waals surface area contributed by atoms with Crippen molar-refractivity contribution in [2.24, 2.45) is 0 Å². The largest absolute Gasteiger partial charge is 0.323 e. The molecule has 110 valence electrons. The molecule has 2 rings (SSSR count). The van der Waals surface area contributed by atoms with E-state index in [4.69, 9.17) is 0 Å². The molecule has 0 aliphatic carbocycles. The van der Waals surface area contributed by atoms with Crippen LogP contribution in [-0.4, -0.2) is 49.1 Å². The Morgan fingerprint density at radius 1 is 1.20 bits per heavy atom. The summed E-state index contributed by atoms with van der Waals surface area (Å²) >= 11 is 2.79. The van der Waals surface area contributed by atoms with Crippen LogP contribution in [0.2, 0.25) is 0 Å². The lowest BCUT2D eigenvalue weighted by Gasteiger charge is -2.21. The summed E-state index contributed by atoms with van der Waals surface area (Å²) in [5, 5.41) is 2.53. The fourth-order valence-electron chi connectivity index (χ4n) is 2.08. The van der Waals surface area contributed by atoms with Crippen molar-refractivity contribution in [2.45, 2.75) is 6.42 Å². The zero-order chi connectivity index (χ0) is 14.7. The number of rotatable bonds is 1. The number of nitrogens with zero attached hydrogens (tertiary/aromatic N) is 2. The van der Waals surface area contributed by atoms with Crippen molar-refractivity contribution in [1.82, 2.24) is 9.80 Å². The van der Waals surface area contributed by atoms with Crippen LogP contribution in [0.3, 0.4) is 0 Å². The first-order chi connectivity index (χ1) is 9.47. The van der Waals surface area contributed by atoms with Crippen molar-refractivity contribution >= 4 is 27.6 Å². The van der Waals surface area contributed by atoms with Crippen molar-refractivity contribution < 1.29 is 13.6 Å². The summed E-state index contributed by atoms with van der Waals surface area (Å²) in [4.78, 5) is 15.9. The summed E-state index contributed by atoms with van der Waals surface area (Å²) in [5.74, 6) is -1.48. The summed E-state index contributed by atoms with van der Waals surface area (Å²) in [6.45, 7) is 2.96. The lowest BCUT2D eigenvalue weighted by Crippen LogP contribution is -2.37. The molecule has 1 fully saturated rings. The van der Waals surface area contributed by atoms with Gasteiger partial charge in [-0.05, 0) is 48.1 Å². The van der Waals surface area contributed by atoms with Gasteiger partial charge in [0, 0.05) is 25.3 Å². The molecule has 1 aromatic carbocycles. The molecule has 1 saturated heterocycles. The number of likely N-dealkylation sites (N-methyl/N-ethyl adjacent to an activating group) is 1. The van der Waals surface area contributed by atoms with Crippen LogP contribution in [0.1, 0.15) is 6.42 Å². The van der Waals surface area contributed by atoms with E-state index in [2.05, 4.69) is 26.1 Å². The number of anilines is 1. The Morgan fingerprint density at radius 2 is 1.85 bits per heavy atom. The van der Waals surface area contributed by atoms with Crippen LogP contribution in [0.25, 0.3) is 0 Å². The standard InChI is InChI=1S/C13H16BrF2N3O/c1-18-3-2-4-19(6-5-18)13(20)17-9-7-10(15)12(14)11(16)8-9/h7-8H,2-6H2,1H3,(H,17,20). The van der Waals surface area contributed by atoms with Crippen molar-refractivity contribution in [2.75, 3.05) is 38.5 Å². The molecular formula is C13H16BrF2N3O. The first-order valence-corrected chi connectivity index (χ1v) is 7.15. The third-order valence-electron chi connectivity index (χ3n) is 3.24. The number of urea groups is 1. The van der Waals surface area contributed by atoms with Gasteiger partial charge < -0.3 is 15.1 Å². The maximum absolute atomic E-state index is 13.4. The number of hydrogen-bond acceptors (Lipinski definition) is 2. The lowest BCUT2D eigenvalue weighted by molar-refractivity contribution is 0.213. The van der Waals surface area contributed by atoms with Crippen molar-refractivity contribution in [3.63, 3.8) is 0 Å². The molecule has 20 heavy (non-hydrogen) atoms. The highest BCUT2D eigenvalue weighted by Crippen LogP contribution is 2.23. The van der Waals surface area contributed by atoms with E-state index in [1.807, 2.05) is 7.05 Å². The van der Waals surface area contributed by atoms with Gasteiger partial charge in [-0.2, -0.15) is 0 Å². The molecule has 0 saturated carbocycles. The summed E-state index contributed by atoms with van der Waals surface area (Å²) in [6.07, 6.45) is 0.882. The molecule has 1 aliphatic heterocycles. The summed E-state index contributed by atoms with van der Waals surface area (Å²) in [6, 6.07) is 1.85. The predicted octanol–water partition coefficient (Wildman–Crippen LogP) is 2.90. The Kier molecular flexibility index (Phi) is 4.93. The monoisotopic (exact) mass is 347 g/mol. The third kappa shape index (κ3) is 3.67. The van der Waals surface area contributed by atoms with Gasteiger partial charge in [0.25, 0.3) is 0 Å². The fraction of sp³-hybridized carbons (Fsp3) is 0.462. The van der Waals surface area contributed by atoms with Gasteiger partial charge in [-0.15, -0.1) is 0 Å². The van der Waals surface area contributed by atoms with Crippen LogP contribution in [0.4, 0.5) is 19.3 Å². The number of amides is 2. The van der Waals surface area contributed by atoms with Gasteiger partial charge in [-0.25, -0.2) is 13.6 Å². The van der Waals surface area contributed by atoms with E-state index in [1.165, 1.54) is 0 Å². The van der Waals surface area contributed by atoms with Crippen molar-refractivity contribution in [1.29, 1.82) is 0 Å². The van der Waals surface area contributed by atoms with Crippen molar-refractivity contribution in [3.05, 3.63) is 28.2 Å². The van der Waals surface area contributed by atoms with E-state index in [-0.39, 0.29) is 16.2 Å². The minimum Gasteiger partial charge on any atom is -0.323 e. The highest BCUT2D eigenvalue weighted by atomic mass is 79.9. The maximum atomic E-state index is 13.4. The summed E-state index contributed by atoms with van der Waals surface area (Å²) < 4.78 is 26.6. The molecule has 1 aromatic rings. The Labute approximate surface area is 124 Å². The van der Waals surface area contributed by atoms with E-state index in [0.717, 1.165) is 31.6 Å². The van der Waals surface area contributed by atoms with Gasteiger partial charge in [0.1, 0.15) is 11.6 Å². The molecule has 1 heterocycles. The lowest BCUT2D eigenvalue weighted by atomic mass is 10.3. The Morgan fingerprint density at radius 3 is 2.50 bits per heavy atom. The average molecular weight is 348 g/mol. The topological polar surface area (TPSA) is 35.6 Å². The predicted molar refractivity (Wildman–Crippen MR) is 76.8 cm³/mol. The molecule has 0 radical (unpaired) electrons. The van der Waals surface area contributed by atoms with E-state index < -0.39 is 11.6 Å². The van der Waals surface area contributed by atoms with Crippen LogP contribution in [0.5, 0.6) is 0 Å². The van der Waals surface area contributed by atoms with Crippen LogP contribution in [0.15, 0.2) is 16.6 Å². The van der Waals surface area contributed by atoms with Gasteiger partial charge in [0.2, 0.25) is 0 Å². The molecule has 4 nitrogen and oxygen atoms in total. The highest BCUT2D eigenvalue weighted by molar-refractivity contribution is 9.10. The summed E-state index contributed by atoms with van der Waals surface area (Å²) in [7, 11) is 2.00. The number of benzene rings is 1. The molecular weight excluding hydrogens is 332 g/mol. The van der Waals surface area contributed by atoms with E-state index in [1.54, 1.807) is 4.90 Å². The maximum Gasteiger partial charge on any atom is 0.321 e. The Balaban J connectivity index is 2.04. The van der Waals surface area contributed by atoms with Gasteiger partial charge >= 0.3 is 6.03 Å². The quantitative estimate of drug-likeness (QED) is 0.793. The van der Waals surface area contributed by atoms with Gasteiger partial charge in [-0.1, -0.05) is 0 Å². The van der Waals surface area contributed by atoms with E-state index in [9.17, 15) is 13.6 Å². The van der Waals surface area contributed by atoms with Crippen molar-refractivity contribution in [3.8, 4) is 0 Å². The zero-order valence-electron chi connectivity index (χ0n) is 11.1. The second-order valence-electron chi connectivity index (χ2n) is 4.83.